The number of hydrogen-bond donors (Lipinski definition) is 0. The third-order valence-corrected chi connectivity index (χ3v) is 7.63. The summed E-state index contributed by atoms with van der Waals surface area (Å²) < 4.78 is 8.28. The number of aromatic nitrogens is 4. The second kappa shape index (κ2) is 8.61. The Morgan fingerprint density at radius 1 is 1.26 bits per heavy atom. The van der Waals surface area contributed by atoms with Crippen LogP contribution in [0.1, 0.15) is 25.7 Å². The molecule has 3 aromatic heterocycles. The molecule has 0 saturated carbocycles. The highest BCUT2D eigenvalue weighted by molar-refractivity contribution is 9.10. The summed E-state index contributed by atoms with van der Waals surface area (Å²) in [6, 6.07) is 1.98. The van der Waals surface area contributed by atoms with Crippen LogP contribution in [0.25, 0.3) is 10.7 Å². The molecule has 0 atom stereocenters. The summed E-state index contributed by atoms with van der Waals surface area (Å²) in [4.78, 5) is 5.41. The Bertz CT molecular complexity index is 757. The molecule has 0 fully saturated rings. The molecule has 0 bridgehead atoms. The first kappa shape index (κ1) is 17.4. The van der Waals surface area contributed by atoms with Crippen LogP contribution in [0.3, 0.4) is 0 Å². The Kier molecular flexibility index (Phi) is 6.52. The third-order valence-electron chi connectivity index (χ3n) is 2.69. The van der Waals surface area contributed by atoms with Gasteiger partial charge < -0.3 is 4.52 Å². The van der Waals surface area contributed by atoms with Crippen molar-refractivity contribution in [2.75, 3.05) is 5.75 Å². The van der Waals surface area contributed by atoms with E-state index in [1.165, 1.54) is 12.8 Å². The molecule has 3 aromatic rings. The number of unbranched alkanes of at least 4 members (excludes halogenated alkanes) is 1. The zero-order valence-corrected chi connectivity index (χ0v) is 17.0. The van der Waals surface area contributed by atoms with Crippen LogP contribution >= 0.6 is 62.1 Å². The molecule has 0 aliphatic rings. The summed E-state index contributed by atoms with van der Waals surface area (Å²) >= 11 is 9.97. The van der Waals surface area contributed by atoms with Crippen molar-refractivity contribution in [3.63, 3.8) is 0 Å². The van der Waals surface area contributed by atoms with Gasteiger partial charge in [-0.15, -0.1) is 21.5 Å². The van der Waals surface area contributed by atoms with Crippen molar-refractivity contribution in [2.45, 2.75) is 34.2 Å². The Morgan fingerprint density at radius 3 is 2.83 bits per heavy atom. The molecule has 0 aliphatic heterocycles. The van der Waals surface area contributed by atoms with E-state index in [0.29, 0.717) is 17.5 Å². The summed E-state index contributed by atoms with van der Waals surface area (Å²) in [5.41, 5.74) is 0. The van der Waals surface area contributed by atoms with Gasteiger partial charge in [0, 0.05) is 15.6 Å². The van der Waals surface area contributed by atoms with Gasteiger partial charge in [-0.05, 0) is 28.4 Å². The molecule has 0 unspecified atom stereocenters. The minimum Gasteiger partial charge on any atom is -0.338 e. The summed E-state index contributed by atoms with van der Waals surface area (Å²) in [7, 11) is 0. The number of halogens is 1. The lowest BCUT2D eigenvalue weighted by Crippen LogP contribution is -1.81. The Hall–Kier alpha value is -0.420. The fourth-order valence-electron chi connectivity index (χ4n) is 1.58. The van der Waals surface area contributed by atoms with Crippen LogP contribution in [0.5, 0.6) is 0 Å². The Morgan fingerprint density at radius 2 is 2.09 bits per heavy atom. The van der Waals surface area contributed by atoms with Crippen LogP contribution in [-0.4, -0.2) is 26.1 Å². The lowest BCUT2D eigenvalue weighted by atomic mass is 10.4. The molecule has 122 valence electrons. The highest BCUT2D eigenvalue weighted by Crippen LogP contribution is 2.32. The molecule has 10 heteroatoms. The van der Waals surface area contributed by atoms with Crippen molar-refractivity contribution in [3.05, 3.63) is 21.8 Å². The van der Waals surface area contributed by atoms with Crippen molar-refractivity contribution in [3.8, 4) is 10.7 Å². The van der Waals surface area contributed by atoms with Gasteiger partial charge in [-0.1, -0.05) is 53.4 Å². The maximum absolute atomic E-state index is 5.30. The van der Waals surface area contributed by atoms with E-state index >= 15 is 0 Å². The predicted molar refractivity (Wildman–Crippen MR) is 100 cm³/mol. The highest BCUT2D eigenvalue weighted by Gasteiger charge is 2.12. The van der Waals surface area contributed by atoms with Gasteiger partial charge in [0.1, 0.15) is 0 Å². The molecule has 5 nitrogen and oxygen atoms in total. The van der Waals surface area contributed by atoms with Crippen molar-refractivity contribution in [1.29, 1.82) is 0 Å². The molecule has 0 aliphatic carbocycles. The van der Waals surface area contributed by atoms with E-state index in [0.717, 1.165) is 23.8 Å². The van der Waals surface area contributed by atoms with Crippen molar-refractivity contribution in [2.24, 2.45) is 0 Å². The highest BCUT2D eigenvalue weighted by atomic mass is 79.9. The summed E-state index contributed by atoms with van der Waals surface area (Å²) in [6.07, 6.45) is 2.41. The lowest BCUT2D eigenvalue weighted by Gasteiger charge is -1.92. The first-order chi connectivity index (χ1) is 11.2. The van der Waals surface area contributed by atoms with E-state index in [2.05, 4.69) is 43.2 Å². The number of hydrogen-bond acceptors (Lipinski definition) is 9. The normalized spacial score (nSPS) is 11.2. The Balaban J connectivity index is 1.53. The molecular weight excluding hydrogens is 436 g/mol. The predicted octanol–water partition coefficient (Wildman–Crippen LogP) is 5.60. The first-order valence-electron chi connectivity index (χ1n) is 6.90. The molecular formula is C13H13BrN4OS4. The van der Waals surface area contributed by atoms with E-state index in [-0.39, 0.29) is 0 Å². The first-order valence-corrected chi connectivity index (χ1v) is 11.4. The van der Waals surface area contributed by atoms with Gasteiger partial charge in [0.05, 0.1) is 10.6 Å². The van der Waals surface area contributed by atoms with Crippen LogP contribution in [0.2, 0.25) is 0 Å². The van der Waals surface area contributed by atoms with Gasteiger partial charge in [0.25, 0.3) is 0 Å². The molecule has 0 saturated heterocycles. The van der Waals surface area contributed by atoms with Crippen LogP contribution < -0.4 is 0 Å². The molecule has 0 radical (unpaired) electrons. The van der Waals surface area contributed by atoms with Gasteiger partial charge in [0.2, 0.25) is 11.7 Å². The van der Waals surface area contributed by atoms with E-state index in [9.17, 15) is 0 Å². The van der Waals surface area contributed by atoms with E-state index < -0.39 is 0 Å². The third kappa shape index (κ3) is 5.02. The second-order valence-corrected chi connectivity index (χ2v) is 9.83. The van der Waals surface area contributed by atoms with Crippen molar-refractivity contribution >= 4 is 62.1 Å². The monoisotopic (exact) mass is 448 g/mol. The van der Waals surface area contributed by atoms with Crippen molar-refractivity contribution in [1.82, 2.24) is 20.3 Å². The zero-order valence-electron chi connectivity index (χ0n) is 12.2. The van der Waals surface area contributed by atoms with Gasteiger partial charge in [-0.3, -0.25) is 0 Å². The number of thioether (sulfide) groups is 2. The Labute approximate surface area is 158 Å². The summed E-state index contributed by atoms with van der Waals surface area (Å²) in [5, 5.41) is 14.4. The molecule has 0 N–H and O–H groups in total. The molecule has 3 rings (SSSR count). The molecule has 3 heterocycles. The molecule has 0 spiro atoms. The smallest absolute Gasteiger partial charge is 0.237 e. The lowest BCUT2D eigenvalue weighted by molar-refractivity contribution is 0.392. The second-order valence-electron chi connectivity index (χ2n) is 4.47. The number of thiophene rings is 1. The maximum Gasteiger partial charge on any atom is 0.237 e. The van der Waals surface area contributed by atoms with Gasteiger partial charge in [-0.25, -0.2) is 0 Å². The van der Waals surface area contributed by atoms with Crippen LogP contribution in [0.4, 0.5) is 0 Å². The minimum atomic E-state index is 0.602. The standard InChI is InChI=1S/C13H13BrN4OS4/c1-2-3-4-20-12-16-17-13(23-12)22-7-10-15-11(18-19-10)9-5-8(14)6-21-9/h5-6H,2-4,7H2,1H3. The molecule has 23 heavy (non-hydrogen) atoms. The van der Waals surface area contributed by atoms with Gasteiger partial charge >= 0.3 is 0 Å². The van der Waals surface area contributed by atoms with E-state index in [4.69, 9.17) is 4.52 Å². The van der Waals surface area contributed by atoms with Crippen LogP contribution in [0.15, 0.2) is 29.1 Å². The van der Waals surface area contributed by atoms with Crippen LogP contribution in [0, 0.1) is 0 Å². The topological polar surface area (TPSA) is 64.7 Å². The zero-order chi connectivity index (χ0) is 16.1. The van der Waals surface area contributed by atoms with Crippen LogP contribution in [-0.2, 0) is 5.75 Å². The minimum absolute atomic E-state index is 0.602. The molecule has 0 amide bonds. The average molecular weight is 449 g/mol. The fraction of sp³-hybridized carbons (Fsp3) is 0.385. The SMILES string of the molecule is CCCCSc1nnc(SCc2nc(-c3cc(Br)cs3)no2)s1. The largest absolute Gasteiger partial charge is 0.338 e. The number of nitrogens with zero attached hydrogens (tertiary/aromatic N) is 4. The summed E-state index contributed by atoms with van der Waals surface area (Å²) in [6.45, 7) is 2.19. The quantitative estimate of drug-likeness (QED) is 0.328. The fourth-order valence-corrected chi connectivity index (χ4v) is 5.95. The number of rotatable bonds is 8. The average Bonchev–Trinajstić information content (AvgIpc) is 3.26. The molecule has 0 aromatic carbocycles. The van der Waals surface area contributed by atoms with E-state index in [1.54, 1.807) is 46.2 Å². The summed E-state index contributed by atoms with van der Waals surface area (Å²) in [5.74, 6) is 2.93. The van der Waals surface area contributed by atoms with Gasteiger partial charge in [0.15, 0.2) is 8.68 Å². The van der Waals surface area contributed by atoms with Crippen molar-refractivity contribution < 1.29 is 4.52 Å². The van der Waals surface area contributed by atoms with E-state index in [1.807, 2.05) is 11.4 Å². The van der Waals surface area contributed by atoms with Gasteiger partial charge in [-0.2, -0.15) is 4.98 Å². The maximum atomic E-state index is 5.30.